The maximum Gasteiger partial charge on any atom is 0.270 e. The normalized spacial score (nSPS) is 15.2. The van der Waals surface area contributed by atoms with Gasteiger partial charge in [0, 0.05) is 28.6 Å². The van der Waals surface area contributed by atoms with E-state index in [1.807, 2.05) is 17.5 Å². The van der Waals surface area contributed by atoms with Crippen molar-refractivity contribution in [2.75, 3.05) is 0 Å². The second-order valence-electron chi connectivity index (χ2n) is 8.40. The van der Waals surface area contributed by atoms with Crippen molar-refractivity contribution in [2.24, 2.45) is 10.1 Å². The maximum absolute atomic E-state index is 13.2. The lowest BCUT2D eigenvalue weighted by Crippen LogP contribution is -2.19. The molecule has 0 aliphatic heterocycles. The lowest BCUT2D eigenvalue weighted by atomic mass is 9.96. The van der Waals surface area contributed by atoms with Gasteiger partial charge in [-0.25, -0.2) is 9.07 Å². The number of thiazole rings is 1. The topological polar surface area (TPSA) is 85.9 Å². The molecule has 1 saturated carbocycles. The number of halogens is 1. The SMILES string of the molecule is O=[N+]([O-])c1cccc(-c2csc(=NC3CCCCC3)n2N=Cc2ccc(-c3ccc(F)cc3)o2)c1. The summed E-state index contributed by atoms with van der Waals surface area (Å²) in [6.07, 6.45) is 7.26. The third-order valence-corrected chi connectivity index (χ3v) is 6.79. The minimum absolute atomic E-state index is 0.0185. The van der Waals surface area contributed by atoms with Crippen molar-refractivity contribution in [3.8, 4) is 22.6 Å². The highest BCUT2D eigenvalue weighted by Crippen LogP contribution is 2.26. The number of benzene rings is 2. The molecule has 178 valence electrons. The van der Waals surface area contributed by atoms with Gasteiger partial charge in [-0.05, 0) is 49.2 Å². The smallest absolute Gasteiger partial charge is 0.270 e. The zero-order valence-electron chi connectivity index (χ0n) is 18.8. The quantitative estimate of drug-likeness (QED) is 0.172. The number of non-ortho nitro benzene ring substituents is 1. The van der Waals surface area contributed by atoms with E-state index < -0.39 is 4.92 Å². The summed E-state index contributed by atoms with van der Waals surface area (Å²) in [5, 5.41) is 17.9. The van der Waals surface area contributed by atoms with Gasteiger partial charge >= 0.3 is 0 Å². The van der Waals surface area contributed by atoms with Gasteiger partial charge in [0.05, 0.1) is 22.9 Å². The molecular formula is C26H23FN4O3S. The standard InChI is InChI=1S/C26H23FN4O3S/c27-20-11-9-18(10-12-20)25-14-13-23(34-25)16-28-30-24(19-5-4-8-22(15-19)31(32)33)17-35-26(30)29-21-6-2-1-3-7-21/h4-5,8-17,21H,1-3,6-7H2. The van der Waals surface area contributed by atoms with Gasteiger partial charge in [-0.2, -0.15) is 5.10 Å². The summed E-state index contributed by atoms with van der Waals surface area (Å²) < 4.78 is 20.9. The Balaban J connectivity index is 1.52. The van der Waals surface area contributed by atoms with Gasteiger partial charge in [0.25, 0.3) is 5.69 Å². The Morgan fingerprint density at radius 3 is 2.63 bits per heavy atom. The fourth-order valence-corrected chi connectivity index (χ4v) is 5.06. The fraction of sp³-hybridized carbons (Fsp3) is 0.231. The van der Waals surface area contributed by atoms with E-state index >= 15 is 0 Å². The van der Waals surface area contributed by atoms with Crippen molar-refractivity contribution in [3.63, 3.8) is 0 Å². The molecule has 0 spiro atoms. The second-order valence-corrected chi connectivity index (χ2v) is 9.23. The number of furan rings is 1. The predicted octanol–water partition coefficient (Wildman–Crippen LogP) is 6.64. The molecule has 4 aromatic rings. The fourth-order valence-electron chi connectivity index (χ4n) is 4.15. The lowest BCUT2D eigenvalue weighted by molar-refractivity contribution is -0.384. The van der Waals surface area contributed by atoms with Crippen LogP contribution in [-0.4, -0.2) is 21.9 Å². The van der Waals surface area contributed by atoms with Gasteiger partial charge in [0.1, 0.15) is 17.3 Å². The number of aromatic nitrogens is 1. The second kappa shape index (κ2) is 10.2. The van der Waals surface area contributed by atoms with Crippen LogP contribution in [0.2, 0.25) is 0 Å². The molecule has 0 bridgehead atoms. The average Bonchev–Trinajstić information content (AvgIpc) is 3.51. The Kier molecular flexibility index (Phi) is 6.67. The predicted molar refractivity (Wildman–Crippen MR) is 134 cm³/mol. The van der Waals surface area contributed by atoms with Crippen molar-refractivity contribution in [2.45, 2.75) is 38.1 Å². The van der Waals surface area contributed by atoms with Gasteiger partial charge in [-0.3, -0.25) is 15.1 Å². The van der Waals surface area contributed by atoms with Crippen LogP contribution < -0.4 is 4.80 Å². The molecule has 2 aromatic carbocycles. The first kappa shape index (κ1) is 22.9. The first-order chi connectivity index (χ1) is 17.1. The van der Waals surface area contributed by atoms with E-state index in [2.05, 4.69) is 5.10 Å². The first-order valence-corrected chi connectivity index (χ1v) is 12.3. The molecule has 0 saturated heterocycles. The minimum atomic E-state index is -0.406. The summed E-state index contributed by atoms with van der Waals surface area (Å²) in [6.45, 7) is 0. The Morgan fingerprint density at radius 1 is 1.06 bits per heavy atom. The van der Waals surface area contributed by atoms with Crippen molar-refractivity contribution < 1.29 is 13.7 Å². The van der Waals surface area contributed by atoms with Crippen LogP contribution in [0.3, 0.4) is 0 Å². The molecule has 0 amide bonds. The molecule has 0 N–H and O–H groups in total. The van der Waals surface area contributed by atoms with E-state index in [4.69, 9.17) is 9.41 Å². The molecule has 5 rings (SSSR count). The van der Waals surface area contributed by atoms with Gasteiger partial charge in [-0.1, -0.05) is 31.4 Å². The minimum Gasteiger partial charge on any atom is -0.455 e. The largest absolute Gasteiger partial charge is 0.455 e. The maximum atomic E-state index is 13.2. The molecule has 35 heavy (non-hydrogen) atoms. The molecule has 1 fully saturated rings. The monoisotopic (exact) mass is 490 g/mol. The molecule has 2 heterocycles. The molecule has 0 unspecified atom stereocenters. The number of nitro groups is 1. The molecule has 1 aliphatic carbocycles. The van der Waals surface area contributed by atoms with E-state index in [9.17, 15) is 14.5 Å². The van der Waals surface area contributed by atoms with Crippen molar-refractivity contribution in [1.29, 1.82) is 0 Å². The highest BCUT2D eigenvalue weighted by atomic mass is 32.1. The molecular weight excluding hydrogens is 467 g/mol. The molecule has 0 radical (unpaired) electrons. The van der Waals surface area contributed by atoms with Crippen LogP contribution in [-0.2, 0) is 0 Å². The van der Waals surface area contributed by atoms with E-state index in [0.717, 1.165) is 28.9 Å². The third-order valence-electron chi connectivity index (χ3n) is 5.96. The van der Waals surface area contributed by atoms with Crippen LogP contribution in [0, 0.1) is 15.9 Å². The number of hydrogen-bond acceptors (Lipinski definition) is 6. The summed E-state index contributed by atoms with van der Waals surface area (Å²) in [7, 11) is 0. The Hall–Kier alpha value is -3.85. The van der Waals surface area contributed by atoms with Crippen LogP contribution in [0.1, 0.15) is 37.9 Å². The Labute approximate surface area is 205 Å². The van der Waals surface area contributed by atoms with E-state index in [0.29, 0.717) is 17.1 Å². The van der Waals surface area contributed by atoms with Gasteiger partial charge in [0.15, 0.2) is 0 Å². The third kappa shape index (κ3) is 5.30. The summed E-state index contributed by atoms with van der Waals surface area (Å²) >= 11 is 1.46. The first-order valence-electron chi connectivity index (χ1n) is 11.5. The summed E-state index contributed by atoms with van der Waals surface area (Å²) in [5.74, 6) is 0.822. The molecule has 7 nitrogen and oxygen atoms in total. The number of rotatable bonds is 6. The van der Waals surface area contributed by atoms with Crippen LogP contribution in [0.5, 0.6) is 0 Å². The number of nitrogens with zero attached hydrogens (tertiary/aromatic N) is 4. The number of nitro benzene ring substituents is 1. The summed E-state index contributed by atoms with van der Waals surface area (Å²) in [6, 6.07) is 16.4. The van der Waals surface area contributed by atoms with Crippen molar-refractivity contribution >= 4 is 23.2 Å². The molecule has 2 aromatic heterocycles. The van der Waals surface area contributed by atoms with E-state index in [-0.39, 0.29) is 17.5 Å². The van der Waals surface area contributed by atoms with E-state index in [1.54, 1.807) is 35.2 Å². The zero-order chi connectivity index (χ0) is 24.2. The summed E-state index contributed by atoms with van der Waals surface area (Å²) in [4.78, 5) is 16.6. The highest BCUT2D eigenvalue weighted by molar-refractivity contribution is 7.07. The lowest BCUT2D eigenvalue weighted by Gasteiger charge is -2.16. The van der Waals surface area contributed by atoms with Gasteiger partial charge < -0.3 is 4.42 Å². The van der Waals surface area contributed by atoms with Gasteiger partial charge in [0.2, 0.25) is 4.80 Å². The molecule has 0 atom stereocenters. The van der Waals surface area contributed by atoms with Crippen molar-refractivity contribution in [3.05, 3.63) is 92.5 Å². The van der Waals surface area contributed by atoms with Crippen LogP contribution >= 0.6 is 11.3 Å². The highest BCUT2D eigenvalue weighted by Gasteiger charge is 2.15. The summed E-state index contributed by atoms with van der Waals surface area (Å²) in [5.41, 5.74) is 2.18. The van der Waals surface area contributed by atoms with Crippen LogP contribution in [0.25, 0.3) is 22.6 Å². The van der Waals surface area contributed by atoms with Crippen molar-refractivity contribution in [1.82, 2.24) is 4.68 Å². The van der Waals surface area contributed by atoms with Gasteiger partial charge in [-0.15, -0.1) is 11.3 Å². The Bertz CT molecular complexity index is 1430. The molecule has 1 aliphatic rings. The zero-order valence-corrected chi connectivity index (χ0v) is 19.7. The Morgan fingerprint density at radius 2 is 1.86 bits per heavy atom. The number of hydrogen-bond donors (Lipinski definition) is 0. The molecule has 9 heteroatoms. The van der Waals surface area contributed by atoms with E-state index in [1.165, 1.54) is 54.9 Å². The van der Waals surface area contributed by atoms with Crippen LogP contribution in [0.15, 0.2) is 80.6 Å². The average molecular weight is 491 g/mol. The van der Waals surface area contributed by atoms with Crippen LogP contribution in [0.4, 0.5) is 10.1 Å².